The number of esters is 1. The van der Waals surface area contributed by atoms with Gasteiger partial charge in [-0.05, 0) is 44.8 Å². The zero-order chi connectivity index (χ0) is 26.5. The Balaban J connectivity index is 1.57. The van der Waals surface area contributed by atoms with Gasteiger partial charge in [0.25, 0.3) is 0 Å². The third-order valence-electron chi connectivity index (χ3n) is 6.89. The van der Waals surface area contributed by atoms with Crippen molar-refractivity contribution in [2.75, 3.05) is 13.7 Å². The number of nitrogens with one attached hydrogen (secondary N) is 1. The zero-order valence-corrected chi connectivity index (χ0v) is 22.2. The fourth-order valence-corrected chi connectivity index (χ4v) is 4.55. The van der Waals surface area contributed by atoms with Crippen LogP contribution in [0.3, 0.4) is 0 Å². The van der Waals surface area contributed by atoms with E-state index in [1.54, 1.807) is 6.08 Å². The number of aliphatic hydroxyl groups excluding tert-OH is 1. The average molecular weight is 504 g/mol. The molecular formula is C28H41NO7. The quantitative estimate of drug-likeness (QED) is 0.164. The number of carbonyl (C=O) groups is 2. The summed E-state index contributed by atoms with van der Waals surface area (Å²) < 4.78 is 22.5. The van der Waals surface area contributed by atoms with Crippen molar-refractivity contribution in [1.82, 2.24) is 5.32 Å². The lowest BCUT2D eigenvalue weighted by Crippen LogP contribution is -2.50. The molecule has 200 valence electrons. The van der Waals surface area contributed by atoms with Gasteiger partial charge >= 0.3 is 5.97 Å². The van der Waals surface area contributed by atoms with Gasteiger partial charge in [-0.25, -0.2) is 0 Å². The van der Waals surface area contributed by atoms with Crippen LogP contribution in [-0.4, -0.2) is 72.9 Å². The van der Waals surface area contributed by atoms with E-state index < -0.39 is 17.8 Å². The number of carbonyl (C=O) groups excluding carboxylic acids is 2. The Bertz CT molecular complexity index is 915. The summed E-state index contributed by atoms with van der Waals surface area (Å²) in [6, 6.07) is -0.171. The summed E-state index contributed by atoms with van der Waals surface area (Å²) in [5.41, 5.74) is 1.45. The van der Waals surface area contributed by atoms with Crippen LogP contribution in [0.15, 0.2) is 47.6 Å². The van der Waals surface area contributed by atoms with Gasteiger partial charge in [0.1, 0.15) is 17.8 Å². The molecular weight excluding hydrogens is 462 g/mol. The van der Waals surface area contributed by atoms with Gasteiger partial charge in [0, 0.05) is 6.42 Å². The molecule has 3 rings (SSSR count). The number of aliphatic hydroxyl groups is 1. The van der Waals surface area contributed by atoms with Gasteiger partial charge in [-0.15, -0.1) is 0 Å². The van der Waals surface area contributed by atoms with E-state index in [2.05, 4.69) is 17.5 Å². The molecule has 2 saturated heterocycles. The van der Waals surface area contributed by atoms with E-state index in [1.165, 1.54) is 7.11 Å². The normalized spacial score (nSPS) is 34.9. The van der Waals surface area contributed by atoms with E-state index >= 15 is 0 Å². The first kappa shape index (κ1) is 28.3. The van der Waals surface area contributed by atoms with Crippen molar-refractivity contribution in [2.24, 2.45) is 5.92 Å². The van der Waals surface area contributed by atoms with Crippen molar-refractivity contribution in [3.63, 3.8) is 0 Å². The molecule has 0 aromatic heterocycles. The standard InChI is InChI=1S/C28H41NO7/c1-17(2)7-12-25(30)29-22-13-19(4)23(35-20(22)5)10-8-18(3)9-11-24-27(32)28(16-34-28)15-21(36-24)14-26(31)33-6/h7-9,11-13,17,20-24,27,32H,10,14-16H2,1-6H3,(H,29,30)/b11-9+,12-7-,18-8+/t20-,21-,22-,23+,24-,27-,28-/m1/s1. The van der Waals surface area contributed by atoms with Gasteiger partial charge in [0.15, 0.2) is 0 Å². The van der Waals surface area contributed by atoms with Crippen molar-refractivity contribution in [3.05, 3.63) is 47.6 Å². The van der Waals surface area contributed by atoms with Crippen LogP contribution >= 0.6 is 0 Å². The molecule has 1 amide bonds. The minimum atomic E-state index is -0.786. The van der Waals surface area contributed by atoms with Crippen molar-refractivity contribution in [2.45, 2.75) is 96.0 Å². The van der Waals surface area contributed by atoms with Gasteiger partial charge in [0.2, 0.25) is 5.91 Å². The number of hydrogen-bond donors (Lipinski definition) is 2. The molecule has 0 radical (unpaired) electrons. The Kier molecular flexibility index (Phi) is 9.69. The number of hydrogen-bond acceptors (Lipinski definition) is 7. The molecule has 8 nitrogen and oxygen atoms in total. The molecule has 7 atom stereocenters. The monoisotopic (exact) mass is 503 g/mol. The number of rotatable bonds is 9. The van der Waals surface area contributed by atoms with E-state index in [0.29, 0.717) is 25.4 Å². The highest BCUT2D eigenvalue weighted by atomic mass is 16.6. The van der Waals surface area contributed by atoms with E-state index in [0.717, 1.165) is 11.1 Å². The van der Waals surface area contributed by atoms with Crippen LogP contribution in [0.5, 0.6) is 0 Å². The topological polar surface area (TPSA) is 107 Å². The first-order chi connectivity index (χ1) is 17.0. The summed E-state index contributed by atoms with van der Waals surface area (Å²) >= 11 is 0. The van der Waals surface area contributed by atoms with Gasteiger partial charge in [-0.3, -0.25) is 9.59 Å². The van der Waals surface area contributed by atoms with Crippen LogP contribution < -0.4 is 5.32 Å². The SMILES string of the molecule is COC(=O)C[C@@H]1C[C@@]2(CO2)[C@H](O)[C@@H](/C=C/C(C)=C/C[C@@H]2O[C@H](C)[C@H](NC(=O)/C=C\C(C)C)C=C2C)O1. The van der Waals surface area contributed by atoms with Crippen molar-refractivity contribution in [3.8, 4) is 0 Å². The third kappa shape index (κ3) is 7.62. The molecule has 0 saturated carbocycles. The van der Waals surface area contributed by atoms with Crippen LogP contribution in [0.4, 0.5) is 0 Å². The molecule has 3 aliphatic rings. The second kappa shape index (κ2) is 12.3. The maximum absolute atomic E-state index is 12.2. The molecule has 0 aromatic carbocycles. The summed E-state index contributed by atoms with van der Waals surface area (Å²) in [4.78, 5) is 23.9. The Morgan fingerprint density at radius 2 is 2.03 bits per heavy atom. The van der Waals surface area contributed by atoms with Crippen LogP contribution in [0.25, 0.3) is 0 Å². The molecule has 3 heterocycles. The Labute approximate surface area is 214 Å². The number of amides is 1. The van der Waals surface area contributed by atoms with Crippen LogP contribution in [0.2, 0.25) is 0 Å². The molecule has 3 aliphatic heterocycles. The van der Waals surface area contributed by atoms with Crippen LogP contribution in [0, 0.1) is 5.92 Å². The summed E-state index contributed by atoms with van der Waals surface area (Å²) in [7, 11) is 1.35. The van der Waals surface area contributed by atoms with Crippen molar-refractivity contribution < 1.29 is 33.6 Å². The molecule has 0 aromatic rings. The highest BCUT2D eigenvalue weighted by Gasteiger charge is 2.58. The molecule has 0 unspecified atom stereocenters. The van der Waals surface area contributed by atoms with Gasteiger partial charge in [0.05, 0.1) is 44.5 Å². The number of ether oxygens (including phenoxy) is 4. The van der Waals surface area contributed by atoms with Crippen molar-refractivity contribution in [1.29, 1.82) is 0 Å². The lowest BCUT2D eigenvalue weighted by atomic mass is 9.87. The first-order valence-electron chi connectivity index (χ1n) is 12.7. The zero-order valence-electron chi connectivity index (χ0n) is 22.2. The Hall–Kier alpha value is -2.26. The number of methoxy groups -OCH3 is 1. The predicted molar refractivity (Wildman–Crippen MR) is 136 cm³/mol. The summed E-state index contributed by atoms with van der Waals surface area (Å²) in [5.74, 6) is -0.143. The van der Waals surface area contributed by atoms with E-state index in [-0.39, 0.29) is 42.7 Å². The summed E-state index contributed by atoms with van der Waals surface area (Å²) in [5, 5.41) is 13.7. The smallest absolute Gasteiger partial charge is 0.308 e. The lowest BCUT2D eigenvalue weighted by Gasteiger charge is -2.36. The molecule has 1 spiro atoms. The molecule has 0 bridgehead atoms. The van der Waals surface area contributed by atoms with Crippen LogP contribution in [-0.2, 0) is 28.5 Å². The van der Waals surface area contributed by atoms with E-state index in [1.807, 2.05) is 52.8 Å². The molecule has 8 heteroatoms. The molecule has 2 fully saturated rings. The molecule has 2 N–H and O–H groups in total. The summed E-state index contributed by atoms with van der Waals surface area (Å²) in [6.07, 6.45) is 10.7. The summed E-state index contributed by atoms with van der Waals surface area (Å²) in [6.45, 7) is 10.5. The third-order valence-corrected chi connectivity index (χ3v) is 6.89. The number of epoxide rings is 1. The highest BCUT2D eigenvalue weighted by Crippen LogP contribution is 2.43. The largest absolute Gasteiger partial charge is 0.469 e. The Morgan fingerprint density at radius 3 is 2.67 bits per heavy atom. The van der Waals surface area contributed by atoms with Crippen LogP contribution in [0.1, 0.15) is 53.9 Å². The van der Waals surface area contributed by atoms with Gasteiger partial charge < -0.3 is 29.4 Å². The molecule has 36 heavy (non-hydrogen) atoms. The fourth-order valence-electron chi connectivity index (χ4n) is 4.55. The lowest BCUT2D eigenvalue weighted by molar-refractivity contribution is -0.157. The second-order valence-corrected chi connectivity index (χ2v) is 10.4. The van der Waals surface area contributed by atoms with E-state index in [9.17, 15) is 14.7 Å². The van der Waals surface area contributed by atoms with Gasteiger partial charge in [-0.1, -0.05) is 49.8 Å². The minimum Gasteiger partial charge on any atom is -0.469 e. The average Bonchev–Trinajstić information content (AvgIpc) is 3.60. The minimum absolute atomic E-state index is 0.0770. The fraction of sp³-hybridized carbons (Fsp3) is 0.643. The maximum Gasteiger partial charge on any atom is 0.308 e. The second-order valence-electron chi connectivity index (χ2n) is 10.4. The Morgan fingerprint density at radius 1 is 1.31 bits per heavy atom. The van der Waals surface area contributed by atoms with E-state index in [4.69, 9.17) is 18.9 Å². The van der Waals surface area contributed by atoms with Crippen molar-refractivity contribution >= 4 is 11.9 Å². The highest BCUT2D eigenvalue weighted by molar-refractivity contribution is 5.88. The number of allylic oxidation sites excluding steroid dienone is 3. The first-order valence-corrected chi connectivity index (χ1v) is 12.7. The predicted octanol–water partition coefficient (Wildman–Crippen LogP) is 3.16. The maximum atomic E-state index is 12.2. The molecule has 0 aliphatic carbocycles. The van der Waals surface area contributed by atoms with Gasteiger partial charge in [-0.2, -0.15) is 0 Å².